The Kier molecular flexibility index (Phi) is 8.83. The van der Waals surface area contributed by atoms with E-state index in [1.807, 2.05) is 53.1 Å². The highest BCUT2D eigenvalue weighted by molar-refractivity contribution is 7.99. The molecule has 1 amide bonds. The summed E-state index contributed by atoms with van der Waals surface area (Å²) >= 11 is 1.25. The molecular formula is C27H27N5O5S. The molecule has 0 saturated heterocycles. The van der Waals surface area contributed by atoms with E-state index in [-0.39, 0.29) is 11.7 Å². The molecule has 0 aliphatic heterocycles. The number of thioether (sulfide) groups is 1. The maximum absolute atomic E-state index is 12.6. The van der Waals surface area contributed by atoms with Crippen molar-refractivity contribution in [1.82, 2.24) is 20.2 Å². The summed E-state index contributed by atoms with van der Waals surface area (Å²) in [5, 5.41) is 13.4. The van der Waals surface area contributed by atoms with Crippen molar-refractivity contribution in [3.8, 4) is 40.1 Å². The zero-order chi connectivity index (χ0) is 26.9. The molecular weight excluding hydrogens is 506 g/mol. The van der Waals surface area contributed by atoms with Gasteiger partial charge in [-0.05, 0) is 48.5 Å². The van der Waals surface area contributed by atoms with E-state index in [9.17, 15) is 4.79 Å². The number of nitrogens with one attached hydrogen (secondary N) is 1. The van der Waals surface area contributed by atoms with Crippen molar-refractivity contribution in [3.63, 3.8) is 0 Å². The largest absolute Gasteiger partial charge is 0.497 e. The normalized spacial score (nSPS) is 10.8. The standard InChI is InChI=1S/C27H27N5O5S/c1-34-21-11-13-22(35-2)19(14-21)16-28-29-25(33)17-38-27-31-30-26(32(27)20-8-6-5-7-9-20)18-10-12-23(36-3)24(15-18)37-4/h5-16H,17H2,1-4H3,(H,29,33)/b28-16+. The van der Waals surface area contributed by atoms with E-state index in [0.29, 0.717) is 39.5 Å². The van der Waals surface area contributed by atoms with Crippen molar-refractivity contribution in [2.75, 3.05) is 34.2 Å². The SMILES string of the molecule is COc1ccc(OC)c(/C=N/NC(=O)CSc2nnc(-c3ccc(OC)c(OC)c3)n2-c2ccccc2)c1. The number of benzene rings is 3. The summed E-state index contributed by atoms with van der Waals surface area (Å²) in [6.45, 7) is 0. The van der Waals surface area contributed by atoms with Crippen molar-refractivity contribution in [2.24, 2.45) is 5.10 Å². The first kappa shape index (κ1) is 26.6. The molecule has 0 radical (unpaired) electrons. The molecule has 0 spiro atoms. The van der Waals surface area contributed by atoms with Gasteiger partial charge in [-0.25, -0.2) is 5.43 Å². The highest BCUT2D eigenvalue weighted by Crippen LogP contribution is 2.34. The number of carbonyl (C=O) groups is 1. The molecule has 10 nitrogen and oxygen atoms in total. The molecule has 0 aliphatic rings. The van der Waals surface area contributed by atoms with E-state index in [1.165, 1.54) is 18.0 Å². The quantitative estimate of drug-likeness (QED) is 0.174. The van der Waals surface area contributed by atoms with Crippen molar-refractivity contribution in [1.29, 1.82) is 0 Å². The predicted molar refractivity (Wildman–Crippen MR) is 146 cm³/mol. The molecule has 0 atom stereocenters. The fourth-order valence-corrected chi connectivity index (χ4v) is 4.36. The molecule has 196 valence electrons. The fourth-order valence-electron chi connectivity index (χ4n) is 3.61. The zero-order valence-corrected chi connectivity index (χ0v) is 22.2. The van der Waals surface area contributed by atoms with Gasteiger partial charge in [-0.3, -0.25) is 9.36 Å². The molecule has 1 aromatic heterocycles. The number of ether oxygens (including phenoxy) is 4. The Bertz CT molecular complexity index is 1420. The van der Waals surface area contributed by atoms with Gasteiger partial charge in [0, 0.05) is 16.8 Å². The van der Waals surface area contributed by atoms with Gasteiger partial charge in [0.25, 0.3) is 5.91 Å². The number of carbonyl (C=O) groups excluding carboxylic acids is 1. The first-order chi connectivity index (χ1) is 18.6. The van der Waals surface area contributed by atoms with Crippen LogP contribution in [0.4, 0.5) is 0 Å². The Morgan fingerprint density at radius 3 is 2.34 bits per heavy atom. The van der Waals surface area contributed by atoms with Gasteiger partial charge >= 0.3 is 0 Å². The van der Waals surface area contributed by atoms with Gasteiger partial charge in [-0.2, -0.15) is 5.10 Å². The summed E-state index contributed by atoms with van der Waals surface area (Å²) in [5.74, 6) is 2.82. The number of hydrazone groups is 1. The summed E-state index contributed by atoms with van der Waals surface area (Å²) in [4.78, 5) is 12.6. The number of amides is 1. The number of hydrogen-bond donors (Lipinski definition) is 1. The first-order valence-electron chi connectivity index (χ1n) is 11.5. The molecule has 0 bridgehead atoms. The average Bonchev–Trinajstić information content (AvgIpc) is 3.40. The monoisotopic (exact) mass is 533 g/mol. The third-order valence-electron chi connectivity index (χ3n) is 5.45. The second kappa shape index (κ2) is 12.6. The molecule has 0 aliphatic carbocycles. The predicted octanol–water partition coefficient (Wildman–Crippen LogP) is 4.21. The minimum absolute atomic E-state index is 0.0729. The topological polar surface area (TPSA) is 109 Å². The van der Waals surface area contributed by atoms with Gasteiger partial charge < -0.3 is 18.9 Å². The summed E-state index contributed by atoms with van der Waals surface area (Å²) in [5.41, 5.74) is 4.85. The Morgan fingerprint density at radius 1 is 0.895 bits per heavy atom. The summed E-state index contributed by atoms with van der Waals surface area (Å²) in [7, 11) is 6.30. The molecule has 0 unspecified atom stereocenters. The average molecular weight is 534 g/mol. The summed E-state index contributed by atoms with van der Waals surface area (Å²) in [6, 6.07) is 20.5. The van der Waals surface area contributed by atoms with Crippen LogP contribution in [-0.4, -0.2) is 61.1 Å². The lowest BCUT2D eigenvalue weighted by Crippen LogP contribution is -2.20. The molecule has 0 saturated carbocycles. The number of para-hydroxylation sites is 1. The van der Waals surface area contributed by atoms with Crippen LogP contribution >= 0.6 is 11.8 Å². The van der Waals surface area contributed by atoms with Crippen LogP contribution in [0.25, 0.3) is 17.1 Å². The van der Waals surface area contributed by atoms with E-state index in [2.05, 4.69) is 20.7 Å². The smallest absolute Gasteiger partial charge is 0.250 e. The molecule has 4 rings (SSSR count). The lowest BCUT2D eigenvalue weighted by Gasteiger charge is -2.12. The minimum atomic E-state index is -0.302. The first-order valence-corrected chi connectivity index (χ1v) is 12.5. The molecule has 1 N–H and O–H groups in total. The maximum atomic E-state index is 12.6. The Hall–Kier alpha value is -4.51. The number of rotatable bonds is 11. The van der Waals surface area contributed by atoms with Crippen LogP contribution in [0.5, 0.6) is 23.0 Å². The van der Waals surface area contributed by atoms with Crippen LogP contribution in [0.3, 0.4) is 0 Å². The molecule has 0 fully saturated rings. The second-order valence-electron chi connectivity index (χ2n) is 7.74. The van der Waals surface area contributed by atoms with E-state index < -0.39 is 0 Å². The van der Waals surface area contributed by atoms with Crippen LogP contribution in [-0.2, 0) is 4.79 Å². The molecule has 3 aromatic carbocycles. The third kappa shape index (κ3) is 6.06. The van der Waals surface area contributed by atoms with Gasteiger partial charge in [0.1, 0.15) is 11.5 Å². The van der Waals surface area contributed by atoms with Crippen LogP contribution in [0.15, 0.2) is 77.0 Å². The van der Waals surface area contributed by atoms with E-state index in [1.54, 1.807) is 46.6 Å². The van der Waals surface area contributed by atoms with Gasteiger partial charge in [-0.15, -0.1) is 10.2 Å². The Labute approximate surface area is 224 Å². The second-order valence-corrected chi connectivity index (χ2v) is 8.68. The van der Waals surface area contributed by atoms with Gasteiger partial charge in [0.05, 0.1) is 40.4 Å². The number of nitrogens with zero attached hydrogens (tertiary/aromatic N) is 4. The molecule has 4 aromatic rings. The highest BCUT2D eigenvalue weighted by atomic mass is 32.2. The minimum Gasteiger partial charge on any atom is -0.497 e. The van der Waals surface area contributed by atoms with Gasteiger partial charge in [0.2, 0.25) is 0 Å². The maximum Gasteiger partial charge on any atom is 0.250 e. The van der Waals surface area contributed by atoms with Gasteiger partial charge in [0.15, 0.2) is 22.5 Å². The lowest BCUT2D eigenvalue weighted by molar-refractivity contribution is -0.118. The molecule has 38 heavy (non-hydrogen) atoms. The number of aromatic nitrogens is 3. The van der Waals surface area contributed by atoms with Gasteiger partial charge in [-0.1, -0.05) is 30.0 Å². The Balaban J connectivity index is 1.53. The van der Waals surface area contributed by atoms with Crippen molar-refractivity contribution in [2.45, 2.75) is 5.16 Å². The van der Waals surface area contributed by atoms with Crippen molar-refractivity contribution >= 4 is 23.9 Å². The van der Waals surface area contributed by atoms with E-state index >= 15 is 0 Å². The summed E-state index contributed by atoms with van der Waals surface area (Å²) in [6.07, 6.45) is 1.51. The lowest BCUT2D eigenvalue weighted by atomic mass is 10.2. The summed E-state index contributed by atoms with van der Waals surface area (Å²) < 4.78 is 23.3. The van der Waals surface area contributed by atoms with Crippen LogP contribution < -0.4 is 24.4 Å². The van der Waals surface area contributed by atoms with Crippen LogP contribution in [0.1, 0.15) is 5.56 Å². The molecule has 11 heteroatoms. The number of methoxy groups -OCH3 is 4. The molecule has 1 heterocycles. The number of hydrogen-bond acceptors (Lipinski definition) is 9. The Morgan fingerprint density at radius 2 is 1.63 bits per heavy atom. The fraction of sp³-hybridized carbons (Fsp3) is 0.185. The highest BCUT2D eigenvalue weighted by Gasteiger charge is 2.18. The third-order valence-corrected chi connectivity index (χ3v) is 6.38. The van der Waals surface area contributed by atoms with Crippen LogP contribution in [0, 0.1) is 0 Å². The van der Waals surface area contributed by atoms with E-state index in [0.717, 1.165) is 11.3 Å². The van der Waals surface area contributed by atoms with E-state index in [4.69, 9.17) is 18.9 Å². The van der Waals surface area contributed by atoms with Crippen molar-refractivity contribution in [3.05, 3.63) is 72.3 Å². The van der Waals surface area contributed by atoms with Crippen molar-refractivity contribution < 1.29 is 23.7 Å². The van der Waals surface area contributed by atoms with Crippen LogP contribution in [0.2, 0.25) is 0 Å². The zero-order valence-electron chi connectivity index (χ0n) is 21.4.